The van der Waals surface area contributed by atoms with Crippen LogP contribution < -0.4 is 0 Å². The summed E-state index contributed by atoms with van der Waals surface area (Å²) in [5.41, 5.74) is 1.42. The first-order chi connectivity index (χ1) is 7.31. The van der Waals surface area contributed by atoms with E-state index in [1.807, 2.05) is 6.92 Å². The van der Waals surface area contributed by atoms with E-state index in [9.17, 15) is 4.79 Å². The van der Waals surface area contributed by atoms with Crippen LogP contribution in [0.3, 0.4) is 0 Å². The van der Waals surface area contributed by atoms with Crippen molar-refractivity contribution >= 4 is 5.97 Å². The molecule has 0 saturated heterocycles. The first kappa shape index (κ1) is 9.44. The van der Waals surface area contributed by atoms with E-state index >= 15 is 0 Å². The third-order valence-electron chi connectivity index (χ3n) is 4.60. The molecule has 0 N–H and O–H groups in total. The Morgan fingerprint density at radius 3 is 2.60 bits per heavy atom. The van der Waals surface area contributed by atoms with Gasteiger partial charge in [-0.2, -0.15) is 0 Å². The molecule has 0 aliphatic heterocycles. The monoisotopic (exact) mass is 206 g/mol. The molecule has 0 aromatic heterocycles. The molecule has 0 amide bonds. The van der Waals surface area contributed by atoms with Crippen LogP contribution in [0.1, 0.15) is 32.6 Å². The lowest BCUT2D eigenvalue weighted by molar-refractivity contribution is -0.137. The van der Waals surface area contributed by atoms with Gasteiger partial charge in [-0.15, -0.1) is 0 Å². The molecule has 0 aromatic carbocycles. The molecule has 3 aliphatic carbocycles. The Morgan fingerprint density at radius 2 is 2.00 bits per heavy atom. The molecule has 15 heavy (non-hydrogen) atoms. The summed E-state index contributed by atoms with van der Waals surface area (Å²) >= 11 is 0. The fraction of sp³-hybridized carbons (Fsp3) is 0.769. The van der Waals surface area contributed by atoms with Gasteiger partial charge in [0, 0.05) is 6.08 Å². The highest BCUT2D eigenvalue weighted by molar-refractivity contribution is 5.83. The number of hydrogen-bond acceptors (Lipinski definition) is 2. The van der Waals surface area contributed by atoms with Crippen molar-refractivity contribution in [1.82, 2.24) is 0 Å². The average Bonchev–Trinajstić information content (AvgIpc) is 2.67. The van der Waals surface area contributed by atoms with Crippen molar-refractivity contribution in [3.63, 3.8) is 0 Å². The average molecular weight is 206 g/mol. The van der Waals surface area contributed by atoms with Gasteiger partial charge in [0.2, 0.25) is 0 Å². The molecule has 0 radical (unpaired) electrons. The molecule has 3 rings (SSSR count). The van der Waals surface area contributed by atoms with Gasteiger partial charge in [0.25, 0.3) is 0 Å². The van der Waals surface area contributed by atoms with Gasteiger partial charge in [-0.25, -0.2) is 4.79 Å². The Kier molecular flexibility index (Phi) is 2.11. The van der Waals surface area contributed by atoms with Crippen molar-refractivity contribution in [3.05, 3.63) is 11.6 Å². The molecule has 1 unspecified atom stereocenters. The maximum Gasteiger partial charge on any atom is 0.330 e. The van der Waals surface area contributed by atoms with Gasteiger partial charge in [-0.3, -0.25) is 0 Å². The van der Waals surface area contributed by atoms with Crippen molar-refractivity contribution in [2.45, 2.75) is 32.6 Å². The number of rotatable bonds is 2. The Morgan fingerprint density at radius 1 is 1.33 bits per heavy atom. The summed E-state index contributed by atoms with van der Waals surface area (Å²) in [6, 6.07) is 0. The number of esters is 1. The van der Waals surface area contributed by atoms with Crippen LogP contribution in [0.5, 0.6) is 0 Å². The van der Waals surface area contributed by atoms with Gasteiger partial charge in [-0.05, 0) is 56.3 Å². The molecule has 82 valence electrons. The Balaban J connectivity index is 1.76. The van der Waals surface area contributed by atoms with Crippen molar-refractivity contribution in [2.24, 2.45) is 23.7 Å². The second-order valence-electron chi connectivity index (χ2n) is 5.10. The van der Waals surface area contributed by atoms with Crippen molar-refractivity contribution in [3.8, 4) is 0 Å². The molecule has 3 saturated carbocycles. The molecule has 2 nitrogen and oxygen atoms in total. The first-order valence-corrected chi connectivity index (χ1v) is 6.19. The fourth-order valence-electron chi connectivity index (χ4n) is 4.11. The van der Waals surface area contributed by atoms with Crippen LogP contribution in [-0.4, -0.2) is 12.6 Å². The molecular formula is C13H18O2. The molecule has 2 heteroatoms. The standard InChI is InChI=1S/C13H18O2/c1-2-15-12(14)7-11-9-5-3-8-4-6-10(11)13(8)9/h7-10,13H,2-6H2,1H3/b11-7-/t8?,9-,10+,13-/m0/s1. The quantitative estimate of drug-likeness (QED) is 0.512. The lowest BCUT2D eigenvalue weighted by Gasteiger charge is -2.41. The van der Waals surface area contributed by atoms with Gasteiger partial charge in [-0.1, -0.05) is 5.57 Å². The summed E-state index contributed by atoms with van der Waals surface area (Å²) in [4.78, 5) is 11.4. The summed E-state index contributed by atoms with van der Waals surface area (Å²) in [5.74, 6) is 3.28. The van der Waals surface area contributed by atoms with E-state index in [1.54, 1.807) is 6.08 Å². The molecule has 0 spiro atoms. The van der Waals surface area contributed by atoms with Crippen LogP contribution in [0.2, 0.25) is 0 Å². The Labute approximate surface area is 90.7 Å². The zero-order valence-corrected chi connectivity index (χ0v) is 9.24. The lowest BCUT2D eigenvalue weighted by atomic mass is 9.63. The molecule has 0 heterocycles. The van der Waals surface area contributed by atoms with E-state index in [1.165, 1.54) is 31.3 Å². The minimum Gasteiger partial charge on any atom is -0.463 e. The number of allylic oxidation sites excluding steroid dienone is 1. The Hall–Kier alpha value is -0.790. The minimum atomic E-state index is -0.124. The van der Waals surface area contributed by atoms with Crippen LogP contribution >= 0.6 is 0 Å². The summed E-state index contributed by atoms with van der Waals surface area (Å²) in [6.45, 7) is 2.35. The van der Waals surface area contributed by atoms with Gasteiger partial charge >= 0.3 is 5.97 Å². The predicted molar refractivity (Wildman–Crippen MR) is 57.1 cm³/mol. The highest BCUT2D eigenvalue weighted by Crippen LogP contribution is 2.64. The van der Waals surface area contributed by atoms with Crippen LogP contribution in [0, 0.1) is 23.7 Å². The third-order valence-corrected chi connectivity index (χ3v) is 4.60. The van der Waals surface area contributed by atoms with E-state index < -0.39 is 0 Å². The second kappa shape index (κ2) is 3.36. The number of carbonyl (C=O) groups excluding carboxylic acids is 1. The summed E-state index contributed by atoms with van der Waals surface area (Å²) < 4.78 is 4.99. The van der Waals surface area contributed by atoms with Crippen LogP contribution in [0.4, 0.5) is 0 Å². The van der Waals surface area contributed by atoms with Crippen LogP contribution in [0.15, 0.2) is 11.6 Å². The van der Waals surface area contributed by atoms with Crippen LogP contribution in [-0.2, 0) is 9.53 Å². The van der Waals surface area contributed by atoms with Gasteiger partial charge in [0.1, 0.15) is 0 Å². The van der Waals surface area contributed by atoms with Crippen LogP contribution in [0.25, 0.3) is 0 Å². The van der Waals surface area contributed by atoms with E-state index in [-0.39, 0.29) is 5.97 Å². The molecular weight excluding hydrogens is 188 g/mol. The van der Waals surface area contributed by atoms with E-state index in [4.69, 9.17) is 4.74 Å². The Bertz CT molecular complexity index is 300. The first-order valence-electron chi connectivity index (χ1n) is 6.19. The summed E-state index contributed by atoms with van der Waals surface area (Å²) in [7, 11) is 0. The topological polar surface area (TPSA) is 26.3 Å². The number of ether oxygens (including phenoxy) is 1. The fourth-order valence-corrected chi connectivity index (χ4v) is 4.11. The molecule has 3 fully saturated rings. The molecule has 4 atom stereocenters. The smallest absolute Gasteiger partial charge is 0.330 e. The highest BCUT2D eigenvalue weighted by Gasteiger charge is 2.56. The van der Waals surface area contributed by atoms with Gasteiger partial charge in [0.05, 0.1) is 6.61 Å². The second-order valence-corrected chi connectivity index (χ2v) is 5.10. The molecule has 0 aromatic rings. The normalized spacial score (nSPS) is 43.9. The lowest BCUT2D eigenvalue weighted by Crippen LogP contribution is -2.35. The van der Waals surface area contributed by atoms with E-state index in [0.717, 1.165) is 23.7 Å². The zero-order chi connectivity index (χ0) is 10.4. The summed E-state index contributed by atoms with van der Waals surface area (Å²) in [6.07, 6.45) is 7.22. The third kappa shape index (κ3) is 1.27. The molecule has 3 aliphatic rings. The van der Waals surface area contributed by atoms with Crippen molar-refractivity contribution < 1.29 is 9.53 Å². The maximum atomic E-state index is 11.4. The van der Waals surface area contributed by atoms with Gasteiger partial charge in [0.15, 0.2) is 0 Å². The zero-order valence-electron chi connectivity index (χ0n) is 9.24. The predicted octanol–water partition coefficient (Wildman–Crippen LogP) is 2.54. The van der Waals surface area contributed by atoms with E-state index in [0.29, 0.717) is 6.61 Å². The maximum absolute atomic E-state index is 11.4. The number of hydrogen-bond donors (Lipinski definition) is 0. The minimum absolute atomic E-state index is 0.124. The van der Waals surface area contributed by atoms with E-state index in [2.05, 4.69) is 0 Å². The highest BCUT2D eigenvalue weighted by atomic mass is 16.5. The van der Waals surface area contributed by atoms with Crippen molar-refractivity contribution in [1.29, 1.82) is 0 Å². The summed E-state index contributed by atoms with van der Waals surface area (Å²) in [5, 5.41) is 0. The molecule has 0 bridgehead atoms. The number of carbonyl (C=O) groups is 1. The SMILES string of the molecule is CCOC(=O)/C=C1\[C@H]2CCC3CC[C@@H]1[C@H]32. The van der Waals surface area contributed by atoms with Gasteiger partial charge < -0.3 is 4.74 Å². The largest absolute Gasteiger partial charge is 0.463 e. The van der Waals surface area contributed by atoms with Crippen molar-refractivity contribution in [2.75, 3.05) is 6.61 Å².